The average Bonchev–Trinajstić information content (AvgIpc) is 2.00. The van der Waals surface area contributed by atoms with Crippen molar-refractivity contribution in [3.63, 3.8) is 0 Å². The Morgan fingerprint density at radius 3 is 2.47 bits per heavy atom. The van der Waals surface area contributed by atoms with E-state index >= 15 is 0 Å². The van der Waals surface area contributed by atoms with Gasteiger partial charge < -0.3 is 10.8 Å². The number of aromatic hydroxyl groups is 1. The molecule has 0 unspecified atom stereocenters. The number of halogens is 1. The molecule has 0 saturated heterocycles. The second kappa shape index (κ2) is 3.47. The summed E-state index contributed by atoms with van der Waals surface area (Å²) in [5, 5.41) is 19.8. The highest BCUT2D eigenvalue weighted by Crippen LogP contribution is 2.32. The molecular weight excluding hydrogens is 203 g/mol. The number of nitro benzene ring substituents is 1. The highest BCUT2D eigenvalue weighted by Gasteiger charge is 2.25. The minimum Gasteiger partial charge on any atom is -0.507 e. The zero-order valence-corrected chi connectivity index (χ0v) is 8.32. The monoisotopic (exact) mass is 214 g/mol. The number of hydrogen-bond acceptors (Lipinski definition) is 4. The fraction of sp³-hybridized carbons (Fsp3) is 0.333. The third kappa shape index (κ3) is 2.21. The zero-order chi connectivity index (χ0) is 11.8. The first-order chi connectivity index (χ1) is 6.73. The maximum absolute atomic E-state index is 13.0. The van der Waals surface area contributed by atoms with Crippen LogP contribution in [0, 0.1) is 15.9 Å². The molecule has 0 atom stereocenters. The van der Waals surface area contributed by atoms with Crippen molar-refractivity contribution in [2.24, 2.45) is 5.73 Å². The summed E-state index contributed by atoms with van der Waals surface area (Å²) in [5.74, 6) is -1.46. The molecule has 0 saturated carbocycles. The van der Waals surface area contributed by atoms with Gasteiger partial charge in [0.1, 0.15) is 5.75 Å². The summed E-state index contributed by atoms with van der Waals surface area (Å²) in [7, 11) is 0. The van der Waals surface area contributed by atoms with Crippen LogP contribution in [0.5, 0.6) is 5.75 Å². The molecule has 5 nitrogen and oxygen atoms in total. The molecule has 0 spiro atoms. The summed E-state index contributed by atoms with van der Waals surface area (Å²) in [5.41, 5.74) is 4.14. The van der Waals surface area contributed by atoms with Gasteiger partial charge in [-0.3, -0.25) is 10.1 Å². The van der Waals surface area contributed by atoms with Crippen LogP contribution in [0.15, 0.2) is 12.1 Å². The highest BCUT2D eigenvalue weighted by atomic mass is 19.1. The summed E-state index contributed by atoms with van der Waals surface area (Å²) in [6, 6.07) is 1.65. The summed E-state index contributed by atoms with van der Waals surface area (Å²) in [4.78, 5) is 9.60. The molecule has 0 radical (unpaired) electrons. The number of nitrogens with two attached hydrogens (primary N) is 1. The van der Waals surface area contributed by atoms with Crippen molar-refractivity contribution in [1.29, 1.82) is 0 Å². The van der Waals surface area contributed by atoms with Crippen LogP contribution in [-0.2, 0) is 5.54 Å². The van der Waals surface area contributed by atoms with E-state index in [1.54, 1.807) is 13.8 Å². The molecule has 0 bridgehead atoms. The predicted molar refractivity (Wildman–Crippen MR) is 51.9 cm³/mol. The molecule has 0 aromatic heterocycles. The highest BCUT2D eigenvalue weighted by molar-refractivity contribution is 5.47. The summed E-state index contributed by atoms with van der Waals surface area (Å²) < 4.78 is 13.0. The van der Waals surface area contributed by atoms with Gasteiger partial charge in [-0.05, 0) is 13.8 Å². The zero-order valence-electron chi connectivity index (χ0n) is 8.32. The normalized spacial score (nSPS) is 11.5. The quantitative estimate of drug-likeness (QED) is 0.578. The van der Waals surface area contributed by atoms with E-state index in [2.05, 4.69) is 0 Å². The Balaban J connectivity index is 3.43. The first-order valence-electron chi connectivity index (χ1n) is 4.19. The van der Waals surface area contributed by atoms with E-state index in [1.807, 2.05) is 0 Å². The number of phenols is 1. The topological polar surface area (TPSA) is 89.4 Å². The fourth-order valence-corrected chi connectivity index (χ4v) is 1.21. The van der Waals surface area contributed by atoms with Crippen LogP contribution in [0.1, 0.15) is 19.4 Å². The van der Waals surface area contributed by atoms with Crippen molar-refractivity contribution in [2.45, 2.75) is 19.4 Å². The third-order valence-corrected chi connectivity index (χ3v) is 1.96. The third-order valence-electron chi connectivity index (χ3n) is 1.96. The van der Waals surface area contributed by atoms with Gasteiger partial charge >= 0.3 is 5.69 Å². The molecular formula is C9H11FN2O3. The summed E-state index contributed by atoms with van der Waals surface area (Å²) >= 11 is 0. The van der Waals surface area contributed by atoms with Crippen LogP contribution in [0.2, 0.25) is 0 Å². The Bertz CT molecular complexity index is 413. The Morgan fingerprint density at radius 2 is 2.07 bits per heavy atom. The maximum Gasteiger partial charge on any atom is 0.305 e. The lowest BCUT2D eigenvalue weighted by molar-refractivity contribution is -0.387. The van der Waals surface area contributed by atoms with Gasteiger partial charge in [-0.1, -0.05) is 0 Å². The van der Waals surface area contributed by atoms with Crippen molar-refractivity contribution in [3.05, 3.63) is 33.6 Å². The number of phenolic OH excluding ortho intramolecular Hbond substituents is 1. The Hall–Kier alpha value is -1.69. The smallest absolute Gasteiger partial charge is 0.305 e. The number of nitro groups is 1. The van der Waals surface area contributed by atoms with Crippen LogP contribution in [0.25, 0.3) is 0 Å². The Labute approximate surface area is 85.5 Å². The van der Waals surface area contributed by atoms with Crippen LogP contribution < -0.4 is 5.73 Å². The number of benzene rings is 1. The minimum absolute atomic E-state index is 0.135. The van der Waals surface area contributed by atoms with Crippen LogP contribution in [-0.4, -0.2) is 10.0 Å². The van der Waals surface area contributed by atoms with Crippen molar-refractivity contribution in [2.75, 3.05) is 0 Å². The van der Waals surface area contributed by atoms with Gasteiger partial charge in [0.15, 0.2) is 0 Å². The summed E-state index contributed by atoms with van der Waals surface area (Å²) in [6.45, 7) is 3.12. The summed E-state index contributed by atoms with van der Waals surface area (Å²) in [6.07, 6.45) is 0. The number of nitrogens with zero attached hydrogens (tertiary/aromatic N) is 1. The van der Waals surface area contributed by atoms with Gasteiger partial charge in [0.05, 0.1) is 4.92 Å². The largest absolute Gasteiger partial charge is 0.507 e. The Kier molecular flexibility index (Phi) is 2.63. The molecule has 1 aromatic carbocycles. The average molecular weight is 214 g/mol. The van der Waals surface area contributed by atoms with E-state index in [0.29, 0.717) is 6.07 Å². The van der Waals surface area contributed by atoms with Gasteiger partial charge in [0, 0.05) is 23.2 Å². The maximum atomic E-state index is 13.0. The molecule has 0 heterocycles. The van der Waals surface area contributed by atoms with Gasteiger partial charge in [0.25, 0.3) is 0 Å². The lowest BCUT2D eigenvalue weighted by Crippen LogP contribution is -2.28. The molecule has 82 valence electrons. The van der Waals surface area contributed by atoms with E-state index in [4.69, 9.17) is 5.73 Å². The number of rotatable bonds is 2. The lowest BCUT2D eigenvalue weighted by Gasteiger charge is -2.20. The van der Waals surface area contributed by atoms with Crippen LogP contribution >= 0.6 is 0 Å². The molecule has 0 aliphatic carbocycles. The van der Waals surface area contributed by atoms with Gasteiger partial charge in [-0.2, -0.15) is 4.39 Å². The van der Waals surface area contributed by atoms with E-state index in [9.17, 15) is 19.6 Å². The molecule has 1 rings (SSSR count). The van der Waals surface area contributed by atoms with E-state index in [-0.39, 0.29) is 11.3 Å². The SMILES string of the molecule is CC(C)(N)c1cc([N+](=O)[O-])c(F)cc1O. The van der Waals surface area contributed by atoms with Crippen molar-refractivity contribution < 1.29 is 14.4 Å². The van der Waals surface area contributed by atoms with Crippen molar-refractivity contribution >= 4 is 5.69 Å². The molecule has 0 fully saturated rings. The molecule has 0 aliphatic heterocycles. The van der Waals surface area contributed by atoms with Gasteiger partial charge in [-0.25, -0.2) is 0 Å². The van der Waals surface area contributed by atoms with E-state index in [1.165, 1.54) is 0 Å². The van der Waals surface area contributed by atoms with E-state index < -0.39 is 22.0 Å². The first kappa shape index (κ1) is 11.4. The van der Waals surface area contributed by atoms with Gasteiger partial charge in [0.2, 0.25) is 5.82 Å². The molecule has 1 aromatic rings. The van der Waals surface area contributed by atoms with Crippen molar-refractivity contribution in [3.8, 4) is 5.75 Å². The first-order valence-corrected chi connectivity index (χ1v) is 4.19. The minimum atomic E-state index is -1.08. The van der Waals surface area contributed by atoms with Crippen molar-refractivity contribution in [1.82, 2.24) is 0 Å². The molecule has 6 heteroatoms. The molecule has 0 amide bonds. The lowest BCUT2D eigenvalue weighted by atomic mass is 9.94. The molecule has 3 N–H and O–H groups in total. The Morgan fingerprint density at radius 1 is 1.53 bits per heavy atom. The van der Waals surface area contributed by atoms with E-state index in [0.717, 1.165) is 6.07 Å². The number of hydrogen-bond donors (Lipinski definition) is 2. The second-order valence-electron chi connectivity index (χ2n) is 3.80. The van der Waals surface area contributed by atoms with Gasteiger partial charge in [-0.15, -0.1) is 0 Å². The standard InChI is InChI=1S/C9H11FN2O3/c1-9(2,11)5-3-7(12(14)15)6(10)4-8(5)13/h3-4,13H,11H2,1-2H3. The molecule has 15 heavy (non-hydrogen) atoms. The van der Waals surface area contributed by atoms with Crippen LogP contribution in [0.4, 0.5) is 10.1 Å². The molecule has 0 aliphatic rings. The predicted octanol–water partition coefficient (Wildman–Crippen LogP) is 1.63. The van der Waals surface area contributed by atoms with Crippen LogP contribution in [0.3, 0.4) is 0 Å². The fourth-order valence-electron chi connectivity index (χ4n) is 1.21. The second-order valence-corrected chi connectivity index (χ2v) is 3.80.